The van der Waals surface area contributed by atoms with Gasteiger partial charge >= 0.3 is 0 Å². The molecule has 0 bridgehead atoms. The molecule has 0 atom stereocenters. The number of ether oxygens (including phenoxy) is 1. The second-order valence-electron chi connectivity index (χ2n) is 3.06. The maximum absolute atomic E-state index is 8.79. The first kappa shape index (κ1) is 13.1. The largest absolute Gasteiger partial charge is 0.400 e. The van der Waals surface area contributed by atoms with Crippen molar-refractivity contribution in [2.24, 2.45) is 0 Å². The summed E-state index contributed by atoms with van der Waals surface area (Å²) >= 11 is 0. The summed E-state index contributed by atoms with van der Waals surface area (Å²) in [5, 5.41) is 26.0. The van der Waals surface area contributed by atoms with Crippen LogP contribution in [0.1, 0.15) is 12.8 Å². The summed E-state index contributed by atoms with van der Waals surface area (Å²) in [5.41, 5.74) is 0. The van der Waals surface area contributed by atoms with Crippen molar-refractivity contribution in [3.8, 4) is 0 Å². The maximum atomic E-state index is 8.79. The third kappa shape index (κ3) is 8.39. The Labute approximate surface area is 80.8 Å². The van der Waals surface area contributed by atoms with E-state index in [0.717, 1.165) is 12.5 Å². The lowest BCUT2D eigenvalue weighted by molar-refractivity contribution is 0.116. The molecular weight excluding hydrogens is 188 g/mol. The quantitative estimate of drug-likeness (QED) is 0.338. The van der Waals surface area contributed by atoms with Crippen molar-refractivity contribution >= 4 is 8.80 Å². The highest BCUT2D eigenvalue weighted by Gasteiger charge is 2.06. The number of aliphatic hydroxyl groups is 3. The van der Waals surface area contributed by atoms with Crippen LogP contribution in [0.5, 0.6) is 0 Å². The number of hydrogen-bond donors (Lipinski definition) is 3. The van der Waals surface area contributed by atoms with Crippen LogP contribution in [0.3, 0.4) is 0 Å². The van der Waals surface area contributed by atoms with Gasteiger partial charge in [0.05, 0.1) is 8.80 Å². The summed E-state index contributed by atoms with van der Waals surface area (Å²) in [6.45, 7) is 1.44. The summed E-state index contributed by atoms with van der Waals surface area (Å²) in [6, 6.07) is 0.923. The standard InChI is InChI=1S/C8H20O4Si/c9-3-1-4-12-5-2-6-13(7-10)8-11/h9-11,13H,1-8H2. The fourth-order valence-electron chi connectivity index (χ4n) is 0.983. The van der Waals surface area contributed by atoms with Crippen molar-refractivity contribution in [1.29, 1.82) is 0 Å². The molecule has 0 aromatic carbocycles. The molecule has 80 valence electrons. The molecule has 0 radical (unpaired) electrons. The van der Waals surface area contributed by atoms with Crippen molar-refractivity contribution < 1.29 is 20.1 Å². The minimum Gasteiger partial charge on any atom is -0.400 e. The van der Waals surface area contributed by atoms with Gasteiger partial charge in [0.1, 0.15) is 0 Å². The molecule has 0 amide bonds. The predicted molar refractivity (Wildman–Crippen MR) is 53.3 cm³/mol. The molecular formula is C8H20O4Si. The van der Waals surface area contributed by atoms with Crippen molar-refractivity contribution in [3.05, 3.63) is 0 Å². The maximum Gasteiger partial charge on any atom is 0.0969 e. The lowest BCUT2D eigenvalue weighted by Gasteiger charge is -2.08. The Kier molecular flexibility index (Phi) is 10.2. The fraction of sp³-hybridized carbons (Fsp3) is 1.00. The second-order valence-corrected chi connectivity index (χ2v) is 6.10. The SMILES string of the molecule is OCCCOCCC[SiH](CO)CO. The molecule has 0 aromatic heterocycles. The lowest BCUT2D eigenvalue weighted by Crippen LogP contribution is -2.24. The second kappa shape index (κ2) is 10.1. The molecule has 0 spiro atoms. The minimum absolute atomic E-state index is 0.171. The van der Waals surface area contributed by atoms with Crippen LogP contribution in [0, 0.1) is 0 Å². The first-order valence-electron chi connectivity index (χ1n) is 4.75. The Morgan fingerprint density at radius 1 is 0.923 bits per heavy atom. The van der Waals surface area contributed by atoms with Crippen LogP contribution in [-0.4, -0.2) is 56.4 Å². The van der Waals surface area contributed by atoms with E-state index in [1.165, 1.54) is 0 Å². The van der Waals surface area contributed by atoms with E-state index >= 15 is 0 Å². The molecule has 0 aliphatic rings. The van der Waals surface area contributed by atoms with Crippen molar-refractivity contribution in [2.45, 2.75) is 18.9 Å². The molecule has 0 saturated carbocycles. The minimum atomic E-state index is -1.27. The topological polar surface area (TPSA) is 69.9 Å². The molecule has 5 heteroatoms. The summed E-state index contributed by atoms with van der Waals surface area (Å²) in [6.07, 6.45) is 1.94. The van der Waals surface area contributed by atoms with Gasteiger partial charge in [0, 0.05) is 32.3 Å². The van der Waals surface area contributed by atoms with Crippen LogP contribution in [0.4, 0.5) is 0 Å². The Morgan fingerprint density at radius 3 is 2.08 bits per heavy atom. The molecule has 13 heavy (non-hydrogen) atoms. The van der Waals surface area contributed by atoms with Crippen LogP contribution in [-0.2, 0) is 4.74 Å². The van der Waals surface area contributed by atoms with Crippen molar-refractivity contribution in [2.75, 3.05) is 32.3 Å². The summed E-state index contributed by atoms with van der Waals surface area (Å²) in [5.74, 6) is 0. The number of aliphatic hydroxyl groups excluding tert-OH is 3. The molecule has 0 aliphatic heterocycles. The number of hydrogen-bond acceptors (Lipinski definition) is 4. The van der Waals surface area contributed by atoms with Gasteiger partial charge in [-0.15, -0.1) is 0 Å². The zero-order valence-corrected chi connectivity index (χ0v) is 9.14. The highest BCUT2D eigenvalue weighted by molar-refractivity contribution is 6.58. The average Bonchev–Trinajstić information content (AvgIpc) is 2.17. The zero-order chi connectivity index (χ0) is 9.94. The monoisotopic (exact) mass is 208 g/mol. The third-order valence-electron chi connectivity index (χ3n) is 1.86. The molecule has 0 heterocycles. The van der Waals surface area contributed by atoms with Gasteiger partial charge in [0.15, 0.2) is 0 Å². The Hall–Kier alpha value is 0.0569. The average molecular weight is 208 g/mol. The molecule has 0 fully saturated rings. The normalized spacial score (nSPS) is 11.1. The van der Waals surface area contributed by atoms with E-state index in [1.807, 2.05) is 0 Å². The van der Waals surface area contributed by atoms with Gasteiger partial charge < -0.3 is 20.1 Å². The van der Waals surface area contributed by atoms with Crippen LogP contribution in [0.25, 0.3) is 0 Å². The predicted octanol–water partition coefficient (Wildman–Crippen LogP) is -0.934. The van der Waals surface area contributed by atoms with Gasteiger partial charge in [-0.25, -0.2) is 0 Å². The highest BCUT2D eigenvalue weighted by atomic mass is 28.3. The first-order valence-corrected chi connectivity index (χ1v) is 7.20. The fourth-order valence-corrected chi connectivity index (χ4v) is 2.21. The van der Waals surface area contributed by atoms with E-state index in [9.17, 15) is 0 Å². The van der Waals surface area contributed by atoms with E-state index < -0.39 is 8.80 Å². The van der Waals surface area contributed by atoms with Crippen LogP contribution in [0.15, 0.2) is 0 Å². The van der Waals surface area contributed by atoms with Gasteiger partial charge in [0.2, 0.25) is 0 Å². The summed E-state index contributed by atoms with van der Waals surface area (Å²) in [7, 11) is -1.27. The molecule has 0 aliphatic carbocycles. The van der Waals surface area contributed by atoms with E-state index in [-0.39, 0.29) is 19.1 Å². The first-order chi connectivity index (χ1) is 6.35. The Balaban J connectivity index is 3.05. The molecule has 3 N–H and O–H groups in total. The van der Waals surface area contributed by atoms with Gasteiger partial charge in [-0.1, -0.05) is 6.04 Å². The lowest BCUT2D eigenvalue weighted by atomic mass is 10.5. The zero-order valence-electron chi connectivity index (χ0n) is 7.98. The molecule has 4 nitrogen and oxygen atoms in total. The van der Waals surface area contributed by atoms with Crippen LogP contribution in [0.2, 0.25) is 6.04 Å². The Bertz CT molecular complexity index is 98.1. The smallest absolute Gasteiger partial charge is 0.0969 e. The van der Waals surface area contributed by atoms with Gasteiger partial charge in [-0.3, -0.25) is 0 Å². The Morgan fingerprint density at radius 2 is 1.54 bits per heavy atom. The summed E-state index contributed by atoms with van der Waals surface area (Å²) in [4.78, 5) is 0. The molecule has 0 aromatic rings. The van der Waals surface area contributed by atoms with Gasteiger partial charge in [-0.2, -0.15) is 0 Å². The van der Waals surface area contributed by atoms with E-state index in [1.54, 1.807) is 0 Å². The van der Waals surface area contributed by atoms with Crippen LogP contribution < -0.4 is 0 Å². The number of rotatable bonds is 9. The third-order valence-corrected chi connectivity index (χ3v) is 4.12. The van der Waals surface area contributed by atoms with E-state index in [2.05, 4.69) is 0 Å². The van der Waals surface area contributed by atoms with E-state index in [4.69, 9.17) is 20.1 Å². The van der Waals surface area contributed by atoms with E-state index in [0.29, 0.717) is 19.6 Å². The molecule has 0 rings (SSSR count). The van der Waals surface area contributed by atoms with Crippen LogP contribution >= 0.6 is 0 Å². The molecule has 0 saturated heterocycles. The highest BCUT2D eigenvalue weighted by Crippen LogP contribution is 1.97. The molecule has 0 unspecified atom stereocenters. The van der Waals surface area contributed by atoms with Crippen molar-refractivity contribution in [3.63, 3.8) is 0 Å². The summed E-state index contributed by atoms with van der Waals surface area (Å²) < 4.78 is 5.21. The van der Waals surface area contributed by atoms with Gasteiger partial charge in [-0.05, 0) is 12.8 Å². The van der Waals surface area contributed by atoms with Gasteiger partial charge in [0.25, 0.3) is 0 Å². The van der Waals surface area contributed by atoms with Crippen molar-refractivity contribution in [1.82, 2.24) is 0 Å².